The number of aromatic nitrogens is 5. The van der Waals surface area contributed by atoms with Crippen LogP contribution in [0.1, 0.15) is 18.3 Å². The molecule has 0 aromatic carbocycles. The molecule has 28 heavy (non-hydrogen) atoms. The zero-order valence-electron chi connectivity index (χ0n) is 14.3. The summed E-state index contributed by atoms with van der Waals surface area (Å²) in [6.45, 7) is -0.0815. The third kappa shape index (κ3) is 3.36. The normalized spacial score (nSPS) is 13.5. The van der Waals surface area contributed by atoms with Crippen molar-refractivity contribution in [1.82, 2.24) is 24.1 Å². The first-order chi connectivity index (χ1) is 12.7. The fraction of sp³-hybridized carbons (Fsp3) is 0.400. The highest BCUT2D eigenvalue weighted by Crippen LogP contribution is 2.36. The molecule has 13 heteroatoms. The van der Waals surface area contributed by atoms with Crippen molar-refractivity contribution in [3.8, 4) is 11.1 Å². The van der Waals surface area contributed by atoms with E-state index in [-0.39, 0.29) is 12.7 Å². The highest BCUT2D eigenvalue weighted by atomic mass is 19.4. The monoisotopic (exact) mass is 411 g/mol. The highest BCUT2D eigenvalue weighted by Gasteiger charge is 2.52. The Morgan fingerprint density at radius 1 is 1.11 bits per heavy atom. The van der Waals surface area contributed by atoms with Crippen LogP contribution in [0.4, 0.5) is 30.7 Å². The number of hydrogen-bond acceptors (Lipinski definition) is 3. The Morgan fingerprint density at radius 2 is 1.75 bits per heavy atom. The van der Waals surface area contributed by atoms with Crippen LogP contribution >= 0.6 is 0 Å². The fourth-order valence-electron chi connectivity index (χ4n) is 2.53. The fourth-order valence-corrected chi connectivity index (χ4v) is 2.53. The van der Waals surface area contributed by atoms with Crippen LogP contribution in [0, 0.1) is 6.92 Å². The lowest BCUT2D eigenvalue weighted by Gasteiger charge is -2.22. The van der Waals surface area contributed by atoms with Gasteiger partial charge in [0.2, 0.25) is 5.78 Å². The summed E-state index contributed by atoms with van der Waals surface area (Å²) in [4.78, 5) is 18.5. The molecule has 0 aliphatic heterocycles. The number of halogens is 7. The smallest absolute Gasteiger partial charge is 0.328 e. The minimum Gasteiger partial charge on any atom is -0.328 e. The number of nitrogens with one attached hydrogen (secondary N) is 1. The Kier molecular flexibility index (Phi) is 4.31. The van der Waals surface area contributed by atoms with E-state index in [0.717, 1.165) is 4.40 Å². The molecule has 0 aliphatic carbocycles. The number of aromatic amines is 1. The van der Waals surface area contributed by atoms with Crippen molar-refractivity contribution in [2.45, 2.75) is 38.4 Å². The number of imidazole rings is 1. The molecule has 6 nitrogen and oxygen atoms in total. The van der Waals surface area contributed by atoms with Crippen molar-refractivity contribution >= 4 is 5.78 Å². The predicted octanol–water partition coefficient (Wildman–Crippen LogP) is 3.50. The number of H-pyrrole nitrogens is 1. The molecule has 0 aliphatic rings. The van der Waals surface area contributed by atoms with E-state index in [0.29, 0.717) is 22.8 Å². The first-order valence-corrected chi connectivity index (χ1v) is 7.68. The largest absolute Gasteiger partial charge is 0.434 e. The van der Waals surface area contributed by atoms with E-state index in [1.165, 1.54) is 13.1 Å². The molecular weight excluding hydrogens is 399 g/mol. The van der Waals surface area contributed by atoms with E-state index in [2.05, 4.69) is 15.1 Å². The van der Waals surface area contributed by atoms with Gasteiger partial charge in [-0.05, 0) is 6.92 Å². The average Bonchev–Trinajstić information content (AvgIpc) is 3.10. The lowest BCUT2D eigenvalue weighted by Crippen LogP contribution is -2.41. The van der Waals surface area contributed by atoms with Gasteiger partial charge in [0.05, 0.1) is 11.8 Å². The molecule has 152 valence electrons. The van der Waals surface area contributed by atoms with Crippen LogP contribution < -0.4 is 5.56 Å². The second kappa shape index (κ2) is 6.07. The van der Waals surface area contributed by atoms with Gasteiger partial charge in [0.1, 0.15) is 6.54 Å². The predicted molar refractivity (Wildman–Crippen MR) is 82.3 cm³/mol. The molecule has 0 atom stereocenters. The SMILES string of the molecule is Cc1cn2c(=O)c(-c3cnn(CC(F)(F)C(C)(F)F)c3)c(C(F)(F)F)nc2[nH]1. The van der Waals surface area contributed by atoms with E-state index in [9.17, 15) is 35.5 Å². The quantitative estimate of drug-likeness (QED) is 0.669. The number of rotatable bonds is 4. The molecule has 3 aromatic rings. The Hall–Kier alpha value is -2.86. The molecule has 0 radical (unpaired) electrons. The van der Waals surface area contributed by atoms with Crippen LogP contribution in [0.25, 0.3) is 16.9 Å². The van der Waals surface area contributed by atoms with Gasteiger partial charge in [0.25, 0.3) is 5.56 Å². The lowest BCUT2D eigenvalue weighted by molar-refractivity contribution is -0.205. The first kappa shape index (κ1) is 19.9. The molecule has 0 saturated heterocycles. The molecule has 3 rings (SSSR count). The number of nitrogens with zero attached hydrogens (tertiary/aromatic N) is 4. The highest BCUT2D eigenvalue weighted by molar-refractivity contribution is 5.65. The molecule has 0 bridgehead atoms. The summed E-state index contributed by atoms with van der Waals surface area (Å²) in [7, 11) is 0. The third-order valence-corrected chi connectivity index (χ3v) is 3.94. The zero-order chi connectivity index (χ0) is 21.1. The Labute approximate surface area is 151 Å². The molecular formula is C15H12F7N5O. The van der Waals surface area contributed by atoms with Gasteiger partial charge in [0.15, 0.2) is 5.69 Å². The number of alkyl halides is 7. The molecule has 0 amide bonds. The van der Waals surface area contributed by atoms with E-state index >= 15 is 0 Å². The maximum absolute atomic E-state index is 13.5. The molecule has 0 saturated carbocycles. The van der Waals surface area contributed by atoms with Gasteiger partial charge < -0.3 is 4.98 Å². The van der Waals surface area contributed by atoms with Gasteiger partial charge in [-0.3, -0.25) is 13.9 Å². The van der Waals surface area contributed by atoms with E-state index in [1.54, 1.807) is 0 Å². The summed E-state index contributed by atoms with van der Waals surface area (Å²) in [5.41, 5.74) is -3.72. The maximum Gasteiger partial charge on any atom is 0.434 e. The second-order valence-electron chi connectivity index (χ2n) is 6.29. The standard InChI is InChI=1S/C15H12F7N5O/c1-7-4-27-11(28)9(10(15(20,21)22)25-12(27)24-7)8-3-23-26(5-8)6-14(18,19)13(2,16)17/h3-5H,6H2,1-2H3,(H,24,25). The van der Waals surface area contributed by atoms with Crippen molar-refractivity contribution in [1.29, 1.82) is 0 Å². The van der Waals surface area contributed by atoms with E-state index < -0.39 is 46.9 Å². The summed E-state index contributed by atoms with van der Waals surface area (Å²) in [6.07, 6.45) is -2.45. The van der Waals surface area contributed by atoms with Crippen LogP contribution in [0.2, 0.25) is 0 Å². The summed E-state index contributed by atoms with van der Waals surface area (Å²) in [5, 5.41) is 3.39. The Bertz CT molecular complexity index is 1090. The topological polar surface area (TPSA) is 68.0 Å². The Morgan fingerprint density at radius 3 is 2.32 bits per heavy atom. The van der Waals surface area contributed by atoms with Gasteiger partial charge in [-0.1, -0.05) is 0 Å². The van der Waals surface area contributed by atoms with Crippen LogP contribution in [0.5, 0.6) is 0 Å². The van der Waals surface area contributed by atoms with Crippen LogP contribution in [0.15, 0.2) is 23.4 Å². The maximum atomic E-state index is 13.5. The molecule has 3 heterocycles. The molecule has 0 unspecified atom stereocenters. The number of fused-ring (bicyclic) bond motifs is 1. The average molecular weight is 411 g/mol. The van der Waals surface area contributed by atoms with Gasteiger partial charge >= 0.3 is 18.0 Å². The van der Waals surface area contributed by atoms with E-state index in [1.807, 2.05) is 0 Å². The van der Waals surface area contributed by atoms with Gasteiger partial charge in [-0.25, -0.2) is 13.8 Å². The summed E-state index contributed by atoms with van der Waals surface area (Å²) in [5.74, 6) is -9.24. The first-order valence-electron chi connectivity index (χ1n) is 7.68. The second-order valence-corrected chi connectivity index (χ2v) is 6.29. The summed E-state index contributed by atoms with van der Waals surface area (Å²) < 4.78 is 94.4. The number of aryl methyl sites for hydroxylation is 1. The van der Waals surface area contributed by atoms with Crippen LogP contribution in [-0.4, -0.2) is 36.0 Å². The lowest BCUT2D eigenvalue weighted by atomic mass is 10.1. The minimum absolute atomic E-state index is 0.0116. The van der Waals surface area contributed by atoms with Gasteiger partial charge in [-0.2, -0.15) is 27.1 Å². The van der Waals surface area contributed by atoms with Crippen molar-refractivity contribution in [3.63, 3.8) is 0 Å². The zero-order valence-corrected chi connectivity index (χ0v) is 14.3. The molecule has 0 spiro atoms. The van der Waals surface area contributed by atoms with Gasteiger partial charge in [0, 0.05) is 30.6 Å². The summed E-state index contributed by atoms with van der Waals surface area (Å²) in [6, 6.07) is 0. The molecule has 1 N–H and O–H groups in total. The van der Waals surface area contributed by atoms with Crippen LogP contribution in [-0.2, 0) is 12.7 Å². The third-order valence-electron chi connectivity index (χ3n) is 3.94. The van der Waals surface area contributed by atoms with Gasteiger partial charge in [-0.15, -0.1) is 0 Å². The van der Waals surface area contributed by atoms with Crippen molar-refractivity contribution in [2.24, 2.45) is 0 Å². The molecule has 0 fully saturated rings. The van der Waals surface area contributed by atoms with Crippen molar-refractivity contribution in [2.75, 3.05) is 0 Å². The van der Waals surface area contributed by atoms with Crippen molar-refractivity contribution in [3.05, 3.63) is 40.3 Å². The number of hydrogen-bond donors (Lipinski definition) is 1. The molecule has 3 aromatic heterocycles. The van der Waals surface area contributed by atoms with Crippen LogP contribution in [0.3, 0.4) is 0 Å². The summed E-state index contributed by atoms with van der Waals surface area (Å²) >= 11 is 0. The van der Waals surface area contributed by atoms with E-state index in [4.69, 9.17) is 0 Å². The van der Waals surface area contributed by atoms with Crippen molar-refractivity contribution < 1.29 is 30.7 Å². The Balaban J connectivity index is 2.15. The minimum atomic E-state index is -5.04.